The molecule has 2 aromatic carbocycles. The molecule has 28 heavy (non-hydrogen) atoms. The van der Waals surface area contributed by atoms with Crippen molar-refractivity contribution < 1.29 is 21.6 Å². The molecular weight excluding hydrogens is 400 g/mol. The standard InChI is InChI=1S/C19H24N2O5S2/c1-16-7-8-18(27(22,23)17-5-3-2-4-6-17)15-19(16)28(24,25)20-9-10-21-11-13-26-14-12-21/h2-8,15,20H,9-14H2,1H3. The molecule has 152 valence electrons. The maximum Gasteiger partial charge on any atom is 0.240 e. The number of morpholine rings is 1. The average molecular weight is 425 g/mol. The normalized spacial score (nSPS) is 16.2. The second kappa shape index (κ2) is 8.71. The molecule has 0 aromatic heterocycles. The molecule has 1 N–H and O–H groups in total. The first-order chi connectivity index (χ1) is 13.3. The van der Waals surface area contributed by atoms with Crippen molar-refractivity contribution in [3.05, 3.63) is 54.1 Å². The van der Waals surface area contributed by atoms with E-state index in [0.717, 1.165) is 13.1 Å². The fourth-order valence-electron chi connectivity index (χ4n) is 3.01. The van der Waals surface area contributed by atoms with Gasteiger partial charge in [-0.1, -0.05) is 24.3 Å². The molecule has 1 fully saturated rings. The van der Waals surface area contributed by atoms with Crippen LogP contribution in [0.2, 0.25) is 0 Å². The first kappa shape index (κ1) is 20.9. The van der Waals surface area contributed by atoms with Gasteiger partial charge in [-0.2, -0.15) is 0 Å². The highest BCUT2D eigenvalue weighted by molar-refractivity contribution is 7.91. The summed E-state index contributed by atoms with van der Waals surface area (Å²) in [6.07, 6.45) is 0. The van der Waals surface area contributed by atoms with E-state index in [-0.39, 0.29) is 21.2 Å². The van der Waals surface area contributed by atoms with Gasteiger partial charge in [-0.05, 0) is 36.8 Å². The SMILES string of the molecule is Cc1ccc(S(=O)(=O)c2ccccc2)cc1S(=O)(=O)NCCN1CCOCC1. The number of benzene rings is 2. The minimum absolute atomic E-state index is 0.0218. The monoisotopic (exact) mass is 424 g/mol. The van der Waals surface area contributed by atoms with Crippen LogP contribution in [-0.4, -0.2) is 61.1 Å². The zero-order chi connectivity index (χ0) is 20.2. The summed E-state index contributed by atoms with van der Waals surface area (Å²) in [5.74, 6) is 0. The Hall–Kier alpha value is -1.78. The molecule has 0 bridgehead atoms. The number of hydrogen-bond acceptors (Lipinski definition) is 6. The van der Waals surface area contributed by atoms with Crippen molar-refractivity contribution in [1.82, 2.24) is 9.62 Å². The lowest BCUT2D eigenvalue weighted by Gasteiger charge is -2.26. The van der Waals surface area contributed by atoms with Crippen molar-refractivity contribution in [1.29, 1.82) is 0 Å². The predicted octanol–water partition coefficient (Wildman–Crippen LogP) is 1.44. The summed E-state index contributed by atoms with van der Waals surface area (Å²) in [5, 5.41) is 0. The fourth-order valence-corrected chi connectivity index (χ4v) is 5.69. The predicted molar refractivity (Wildman–Crippen MR) is 106 cm³/mol. The van der Waals surface area contributed by atoms with E-state index in [4.69, 9.17) is 4.74 Å². The topological polar surface area (TPSA) is 92.8 Å². The maximum absolute atomic E-state index is 12.8. The van der Waals surface area contributed by atoms with Crippen LogP contribution in [0.1, 0.15) is 5.56 Å². The van der Waals surface area contributed by atoms with E-state index in [1.807, 2.05) is 0 Å². The Morgan fingerprint density at radius 3 is 2.32 bits per heavy atom. The summed E-state index contributed by atoms with van der Waals surface area (Å²) in [6, 6.07) is 12.2. The van der Waals surface area contributed by atoms with Crippen molar-refractivity contribution >= 4 is 19.9 Å². The lowest BCUT2D eigenvalue weighted by molar-refractivity contribution is 0.0390. The fraction of sp³-hybridized carbons (Fsp3) is 0.368. The van der Waals surface area contributed by atoms with Crippen molar-refractivity contribution in [3.8, 4) is 0 Å². The molecule has 0 saturated carbocycles. The molecule has 1 heterocycles. The Balaban J connectivity index is 1.80. The Labute approximate surface area is 166 Å². The van der Waals surface area contributed by atoms with E-state index in [1.54, 1.807) is 25.1 Å². The van der Waals surface area contributed by atoms with Gasteiger partial charge in [0.25, 0.3) is 0 Å². The second-order valence-corrected chi connectivity index (χ2v) is 10.3. The molecule has 0 unspecified atom stereocenters. The van der Waals surface area contributed by atoms with E-state index in [9.17, 15) is 16.8 Å². The Morgan fingerprint density at radius 1 is 0.964 bits per heavy atom. The van der Waals surface area contributed by atoms with Crippen molar-refractivity contribution in [2.24, 2.45) is 0 Å². The molecule has 2 aromatic rings. The molecule has 3 rings (SSSR count). The van der Waals surface area contributed by atoms with Gasteiger partial charge in [-0.25, -0.2) is 21.6 Å². The second-order valence-electron chi connectivity index (χ2n) is 6.60. The maximum atomic E-state index is 12.8. The van der Waals surface area contributed by atoms with Crippen molar-refractivity contribution in [2.45, 2.75) is 21.6 Å². The van der Waals surface area contributed by atoms with Crippen molar-refractivity contribution in [2.75, 3.05) is 39.4 Å². The number of nitrogens with zero attached hydrogens (tertiary/aromatic N) is 1. The van der Waals surface area contributed by atoms with Gasteiger partial charge in [-0.3, -0.25) is 4.90 Å². The van der Waals surface area contributed by atoms with Gasteiger partial charge in [0.1, 0.15) is 0 Å². The average Bonchev–Trinajstić information content (AvgIpc) is 2.69. The van der Waals surface area contributed by atoms with E-state index in [0.29, 0.717) is 25.3 Å². The highest BCUT2D eigenvalue weighted by Crippen LogP contribution is 2.25. The molecule has 1 saturated heterocycles. The van der Waals surface area contributed by atoms with Gasteiger partial charge in [0.05, 0.1) is 27.9 Å². The zero-order valence-electron chi connectivity index (χ0n) is 15.7. The summed E-state index contributed by atoms with van der Waals surface area (Å²) < 4.78 is 59.0. The number of rotatable bonds is 7. The zero-order valence-corrected chi connectivity index (χ0v) is 17.3. The molecule has 0 atom stereocenters. The van der Waals surface area contributed by atoms with Gasteiger partial charge < -0.3 is 4.74 Å². The first-order valence-corrected chi connectivity index (χ1v) is 12.0. The molecule has 0 spiro atoms. The van der Waals surface area contributed by atoms with Crippen LogP contribution in [0.5, 0.6) is 0 Å². The molecule has 7 nitrogen and oxygen atoms in total. The summed E-state index contributed by atoms with van der Waals surface area (Å²) in [7, 11) is -7.62. The Morgan fingerprint density at radius 2 is 1.64 bits per heavy atom. The van der Waals surface area contributed by atoms with E-state index in [2.05, 4.69) is 9.62 Å². The molecule has 1 aliphatic heterocycles. The van der Waals surface area contributed by atoms with Crippen LogP contribution in [0.25, 0.3) is 0 Å². The molecule has 0 radical (unpaired) electrons. The summed E-state index contributed by atoms with van der Waals surface area (Å²) in [5.41, 5.74) is 0.492. The molecule has 0 aliphatic carbocycles. The third-order valence-electron chi connectivity index (χ3n) is 4.64. The van der Waals surface area contributed by atoms with Gasteiger partial charge in [0.15, 0.2) is 0 Å². The Kier molecular flexibility index (Phi) is 6.51. The van der Waals surface area contributed by atoms with Crippen LogP contribution in [0, 0.1) is 6.92 Å². The highest BCUT2D eigenvalue weighted by atomic mass is 32.2. The number of ether oxygens (including phenoxy) is 1. The van der Waals surface area contributed by atoms with Crippen LogP contribution < -0.4 is 4.72 Å². The number of aryl methyl sites for hydroxylation is 1. The van der Waals surface area contributed by atoms with Gasteiger partial charge in [-0.15, -0.1) is 0 Å². The van der Waals surface area contributed by atoms with Crippen LogP contribution in [-0.2, 0) is 24.6 Å². The third kappa shape index (κ3) is 4.79. The lowest BCUT2D eigenvalue weighted by atomic mass is 10.2. The van der Waals surface area contributed by atoms with Gasteiger partial charge in [0, 0.05) is 26.2 Å². The minimum Gasteiger partial charge on any atom is -0.379 e. The molecule has 9 heteroatoms. The summed E-state index contributed by atoms with van der Waals surface area (Å²) >= 11 is 0. The lowest BCUT2D eigenvalue weighted by Crippen LogP contribution is -2.41. The van der Waals surface area contributed by atoms with Crippen LogP contribution >= 0.6 is 0 Å². The third-order valence-corrected chi connectivity index (χ3v) is 8.01. The van der Waals surface area contributed by atoms with Crippen molar-refractivity contribution in [3.63, 3.8) is 0 Å². The van der Waals surface area contributed by atoms with E-state index < -0.39 is 19.9 Å². The first-order valence-electron chi connectivity index (χ1n) is 9.01. The summed E-state index contributed by atoms with van der Waals surface area (Å²) in [6.45, 7) is 5.30. The Bertz CT molecular complexity index is 1020. The quantitative estimate of drug-likeness (QED) is 0.723. The smallest absolute Gasteiger partial charge is 0.240 e. The number of hydrogen-bond donors (Lipinski definition) is 1. The minimum atomic E-state index is -3.83. The number of nitrogens with one attached hydrogen (secondary N) is 1. The molecular formula is C19H24N2O5S2. The van der Waals surface area contributed by atoms with E-state index in [1.165, 1.54) is 30.3 Å². The summed E-state index contributed by atoms with van der Waals surface area (Å²) in [4.78, 5) is 2.18. The van der Waals surface area contributed by atoms with E-state index >= 15 is 0 Å². The highest BCUT2D eigenvalue weighted by Gasteiger charge is 2.23. The molecule has 0 amide bonds. The van der Waals surface area contributed by atoms with Gasteiger partial charge in [0.2, 0.25) is 19.9 Å². The number of sulfonamides is 1. The van der Waals surface area contributed by atoms with Gasteiger partial charge >= 0.3 is 0 Å². The van der Waals surface area contributed by atoms with Crippen LogP contribution in [0.4, 0.5) is 0 Å². The molecule has 1 aliphatic rings. The van der Waals surface area contributed by atoms with Crippen LogP contribution in [0.3, 0.4) is 0 Å². The van der Waals surface area contributed by atoms with Crippen LogP contribution in [0.15, 0.2) is 63.2 Å². The largest absolute Gasteiger partial charge is 0.379 e. The number of sulfone groups is 1.